The van der Waals surface area contributed by atoms with E-state index in [9.17, 15) is 0 Å². The Bertz CT molecular complexity index is 230. The van der Waals surface area contributed by atoms with Gasteiger partial charge in [0.2, 0.25) is 5.13 Å². The van der Waals surface area contributed by atoms with Gasteiger partial charge in [-0.15, -0.1) is 10.2 Å². The molecule has 0 radical (unpaired) electrons. The molecule has 0 aliphatic carbocycles. The summed E-state index contributed by atoms with van der Waals surface area (Å²) in [4.78, 5) is 0. The molecule has 0 atom stereocenters. The third-order valence-corrected chi connectivity index (χ3v) is 3.01. The second-order valence-corrected chi connectivity index (χ2v) is 4.15. The van der Waals surface area contributed by atoms with Gasteiger partial charge in [0.05, 0.1) is 0 Å². The number of piperidine rings is 1. The van der Waals surface area contributed by atoms with Gasteiger partial charge in [-0.1, -0.05) is 11.3 Å². The van der Waals surface area contributed by atoms with Crippen molar-refractivity contribution in [3.05, 3.63) is 5.51 Å². The van der Waals surface area contributed by atoms with Gasteiger partial charge >= 0.3 is 0 Å². The van der Waals surface area contributed by atoms with Crippen LogP contribution in [0.3, 0.4) is 0 Å². The van der Waals surface area contributed by atoms with E-state index < -0.39 is 0 Å². The van der Waals surface area contributed by atoms with Gasteiger partial charge in [-0.2, -0.15) is 0 Å². The average molecular weight is 198 g/mol. The Balaban J connectivity index is 1.72. The van der Waals surface area contributed by atoms with E-state index in [0.29, 0.717) is 0 Å². The molecule has 2 rings (SSSR count). The Labute approximate surface area is 81.8 Å². The van der Waals surface area contributed by atoms with Crippen molar-refractivity contribution < 1.29 is 0 Å². The van der Waals surface area contributed by atoms with Gasteiger partial charge in [0.25, 0.3) is 0 Å². The first-order chi connectivity index (χ1) is 6.45. The largest absolute Gasteiger partial charge is 0.360 e. The van der Waals surface area contributed by atoms with Crippen molar-refractivity contribution in [3.8, 4) is 0 Å². The molecule has 0 bridgehead atoms. The number of aromatic nitrogens is 2. The number of nitrogens with one attached hydrogen (secondary N) is 2. The summed E-state index contributed by atoms with van der Waals surface area (Å²) in [5.41, 5.74) is 1.75. The molecule has 0 saturated carbocycles. The van der Waals surface area contributed by atoms with Crippen molar-refractivity contribution in [2.45, 2.75) is 12.8 Å². The van der Waals surface area contributed by atoms with Crippen LogP contribution in [0.15, 0.2) is 5.51 Å². The lowest BCUT2D eigenvalue weighted by Crippen LogP contribution is -2.31. The second kappa shape index (κ2) is 4.53. The molecule has 72 valence electrons. The summed E-state index contributed by atoms with van der Waals surface area (Å²) in [6.45, 7) is 3.35. The monoisotopic (exact) mass is 198 g/mol. The minimum Gasteiger partial charge on any atom is -0.360 e. The van der Waals surface area contributed by atoms with Crippen molar-refractivity contribution >= 4 is 16.5 Å². The summed E-state index contributed by atoms with van der Waals surface area (Å²) in [7, 11) is 0. The molecule has 1 aromatic rings. The highest BCUT2D eigenvalue weighted by molar-refractivity contribution is 7.13. The molecule has 1 fully saturated rings. The van der Waals surface area contributed by atoms with Gasteiger partial charge in [-0.25, -0.2) is 0 Å². The number of hydrogen-bond acceptors (Lipinski definition) is 5. The number of hydrogen-bond donors (Lipinski definition) is 2. The maximum absolute atomic E-state index is 3.94. The van der Waals surface area contributed by atoms with E-state index in [4.69, 9.17) is 0 Å². The Morgan fingerprint density at radius 3 is 3.08 bits per heavy atom. The maximum atomic E-state index is 3.94. The van der Waals surface area contributed by atoms with Crippen molar-refractivity contribution in [1.29, 1.82) is 0 Å². The molecule has 0 aromatic carbocycles. The molecule has 0 unspecified atom stereocenters. The predicted octanol–water partition coefficient (Wildman–Crippen LogP) is 0.950. The van der Waals surface area contributed by atoms with E-state index >= 15 is 0 Å². The van der Waals surface area contributed by atoms with Gasteiger partial charge < -0.3 is 10.6 Å². The minimum absolute atomic E-state index is 0.796. The lowest BCUT2D eigenvalue weighted by Gasteiger charge is -2.22. The Hall–Kier alpha value is -0.680. The molecular weight excluding hydrogens is 184 g/mol. The topological polar surface area (TPSA) is 49.8 Å². The molecule has 1 aliphatic rings. The van der Waals surface area contributed by atoms with Crippen molar-refractivity contribution in [2.24, 2.45) is 5.92 Å². The summed E-state index contributed by atoms with van der Waals surface area (Å²) < 4.78 is 0. The van der Waals surface area contributed by atoms with Crippen LogP contribution in [0.1, 0.15) is 12.8 Å². The maximum Gasteiger partial charge on any atom is 0.205 e. The number of anilines is 1. The number of nitrogens with zero attached hydrogens (tertiary/aromatic N) is 2. The van der Waals surface area contributed by atoms with Crippen LogP contribution >= 0.6 is 11.3 Å². The van der Waals surface area contributed by atoms with Crippen LogP contribution in [0.2, 0.25) is 0 Å². The zero-order valence-electron chi connectivity index (χ0n) is 7.49. The average Bonchev–Trinajstić information content (AvgIpc) is 2.69. The van der Waals surface area contributed by atoms with Gasteiger partial charge in [0, 0.05) is 6.54 Å². The van der Waals surface area contributed by atoms with E-state index in [1.54, 1.807) is 16.8 Å². The van der Waals surface area contributed by atoms with Gasteiger partial charge in [0.1, 0.15) is 5.51 Å². The third-order valence-electron chi connectivity index (χ3n) is 2.36. The van der Waals surface area contributed by atoms with Crippen LogP contribution in [0.4, 0.5) is 5.13 Å². The SMILES string of the molecule is c1nnc(NCC2CCNCC2)s1. The fourth-order valence-corrected chi connectivity index (χ4v) is 2.02. The van der Waals surface area contributed by atoms with Gasteiger partial charge in [0.15, 0.2) is 0 Å². The summed E-state index contributed by atoms with van der Waals surface area (Å²) in [6, 6.07) is 0. The van der Waals surface area contributed by atoms with Gasteiger partial charge in [-0.05, 0) is 31.8 Å². The van der Waals surface area contributed by atoms with Crippen LogP contribution < -0.4 is 10.6 Å². The quantitative estimate of drug-likeness (QED) is 0.759. The summed E-state index contributed by atoms with van der Waals surface area (Å²) >= 11 is 1.56. The van der Waals surface area contributed by atoms with Crippen molar-refractivity contribution in [3.63, 3.8) is 0 Å². The highest BCUT2D eigenvalue weighted by Crippen LogP contribution is 2.14. The van der Waals surface area contributed by atoms with Crippen LogP contribution in [0, 0.1) is 5.92 Å². The first-order valence-electron chi connectivity index (χ1n) is 4.66. The summed E-state index contributed by atoms with van der Waals surface area (Å²) in [6.07, 6.45) is 2.54. The standard InChI is InChI=1S/C8H14N4S/c1-3-9-4-2-7(1)5-10-8-12-11-6-13-8/h6-7,9H,1-5H2,(H,10,12). The van der Waals surface area contributed by atoms with Gasteiger partial charge in [-0.3, -0.25) is 0 Å². The van der Waals surface area contributed by atoms with Crippen molar-refractivity contribution in [2.75, 3.05) is 25.0 Å². The third kappa shape index (κ3) is 2.63. The minimum atomic E-state index is 0.796. The molecule has 1 aromatic heterocycles. The van der Waals surface area contributed by atoms with E-state index in [1.807, 2.05) is 0 Å². The zero-order valence-corrected chi connectivity index (χ0v) is 8.31. The first kappa shape index (κ1) is 8.90. The molecule has 5 heteroatoms. The molecule has 2 heterocycles. The molecule has 1 aliphatic heterocycles. The second-order valence-electron chi connectivity index (χ2n) is 3.32. The van der Waals surface area contributed by atoms with Crippen LogP contribution in [-0.2, 0) is 0 Å². The summed E-state index contributed by atoms with van der Waals surface area (Å²) in [5, 5.41) is 15.3. The lowest BCUT2D eigenvalue weighted by atomic mass is 9.98. The van der Waals surface area contributed by atoms with Crippen LogP contribution in [0.5, 0.6) is 0 Å². The van der Waals surface area contributed by atoms with Crippen molar-refractivity contribution in [1.82, 2.24) is 15.5 Å². The smallest absolute Gasteiger partial charge is 0.205 e. The number of rotatable bonds is 3. The molecular formula is C8H14N4S. The fourth-order valence-electron chi connectivity index (χ4n) is 1.57. The molecule has 2 N–H and O–H groups in total. The highest BCUT2D eigenvalue weighted by Gasteiger charge is 2.12. The normalized spacial score (nSPS) is 18.8. The molecule has 0 spiro atoms. The summed E-state index contributed by atoms with van der Waals surface area (Å²) in [5.74, 6) is 0.796. The zero-order chi connectivity index (χ0) is 8.93. The van der Waals surface area contributed by atoms with Crippen LogP contribution in [-0.4, -0.2) is 29.8 Å². The molecule has 0 amide bonds. The Morgan fingerprint density at radius 1 is 1.54 bits per heavy atom. The first-order valence-corrected chi connectivity index (χ1v) is 5.54. The predicted molar refractivity (Wildman–Crippen MR) is 54.0 cm³/mol. The van der Waals surface area contributed by atoms with E-state index in [0.717, 1.165) is 30.7 Å². The van der Waals surface area contributed by atoms with E-state index in [1.165, 1.54) is 12.8 Å². The van der Waals surface area contributed by atoms with E-state index in [2.05, 4.69) is 20.8 Å². The van der Waals surface area contributed by atoms with Crippen LogP contribution in [0.25, 0.3) is 0 Å². The molecule has 1 saturated heterocycles. The fraction of sp³-hybridized carbons (Fsp3) is 0.750. The lowest BCUT2D eigenvalue weighted by molar-refractivity contribution is 0.390. The molecule has 13 heavy (non-hydrogen) atoms. The Kier molecular flexibility index (Phi) is 3.10. The highest BCUT2D eigenvalue weighted by atomic mass is 32.1. The Morgan fingerprint density at radius 2 is 2.38 bits per heavy atom. The molecule has 4 nitrogen and oxygen atoms in total. The van der Waals surface area contributed by atoms with E-state index in [-0.39, 0.29) is 0 Å².